The van der Waals surface area contributed by atoms with Crippen molar-refractivity contribution in [3.05, 3.63) is 34.3 Å². The standard InChI is InChI=1S/C18H26N8O3/c1-3-4-6-29-17-24-15(19)14-16(25-17)26(18(27)23-14)11-13-10-21-12(9-22-13)8-20-5-7-28-2/h9-10,20H,3-8,11H2,1-2H3,(H,23,27)(H2,19,24,25). The Morgan fingerprint density at radius 2 is 2.00 bits per heavy atom. The van der Waals surface area contributed by atoms with Gasteiger partial charge in [-0.3, -0.25) is 14.5 Å². The molecule has 29 heavy (non-hydrogen) atoms. The number of ether oxygens (including phenoxy) is 2. The van der Waals surface area contributed by atoms with Gasteiger partial charge in [0, 0.05) is 20.2 Å². The van der Waals surface area contributed by atoms with Gasteiger partial charge in [-0.1, -0.05) is 13.3 Å². The summed E-state index contributed by atoms with van der Waals surface area (Å²) in [7, 11) is 1.65. The third-order valence-electron chi connectivity index (χ3n) is 4.23. The highest BCUT2D eigenvalue weighted by Gasteiger charge is 2.15. The second kappa shape index (κ2) is 9.94. The smallest absolute Gasteiger partial charge is 0.328 e. The molecule has 0 aliphatic heterocycles. The van der Waals surface area contributed by atoms with E-state index in [1.54, 1.807) is 19.5 Å². The molecule has 3 rings (SSSR count). The van der Waals surface area contributed by atoms with Crippen molar-refractivity contribution in [1.82, 2.24) is 34.8 Å². The molecule has 11 nitrogen and oxygen atoms in total. The van der Waals surface area contributed by atoms with Gasteiger partial charge in [0.05, 0.1) is 43.5 Å². The molecule has 0 saturated carbocycles. The summed E-state index contributed by atoms with van der Waals surface area (Å²) < 4.78 is 12.0. The Bertz CT molecular complexity index is 983. The number of nitrogen functional groups attached to an aromatic ring is 1. The number of nitrogens with two attached hydrogens (primary N) is 1. The zero-order valence-corrected chi connectivity index (χ0v) is 16.6. The number of anilines is 1. The van der Waals surface area contributed by atoms with E-state index < -0.39 is 0 Å². The minimum absolute atomic E-state index is 0.153. The first kappa shape index (κ1) is 20.7. The van der Waals surface area contributed by atoms with Crippen LogP contribution in [0.1, 0.15) is 31.2 Å². The number of hydrogen-bond donors (Lipinski definition) is 3. The van der Waals surface area contributed by atoms with Crippen molar-refractivity contribution in [3.63, 3.8) is 0 Å². The van der Waals surface area contributed by atoms with E-state index in [1.807, 2.05) is 0 Å². The average molecular weight is 402 g/mol. The number of fused-ring (bicyclic) bond motifs is 1. The Kier molecular flexibility index (Phi) is 7.09. The van der Waals surface area contributed by atoms with E-state index in [1.165, 1.54) is 4.57 Å². The van der Waals surface area contributed by atoms with Crippen LogP contribution in [-0.2, 0) is 17.8 Å². The number of aromatic amines is 1. The number of hydrogen-bond acceptors (Lipinski definition) is 9. The molecular weight excluding hydrogens is 376 g/mol. The second-order valence-corrected chi connectivity index (χ2v) is 6.48. The number of imidazole rings is 1. The highest BCUT2D eigenvalue weighted by atomic mass is 16.5. The van der Waals surface area contributed by atoms with Gasteiger partial charge < -0.3 is 25.5 Å². The SMILES string of the molecule is CCCCOc1nc(N)c2[nH]c(=O)n(Cc3cnc(CNCCOC)cn3)c2n1. The van der Waals surface area contributed by atoms with Crippen molar-refractivity contribution in [1.29, 1.82) is 0 Å². The summed E-state index contributed by atoms with van der Waals surface area (Å²) >= 11 is 0. The fourth-order valence-corrected chi connectivity index (χ4v) is 2.66. The molecule has 3 aromatic heterocycles. The number of rotatable bonds is 11. The Hall–Kier alpha value is -3.05. The molecule has 0 amide bonds. The lowest BCUT2D eigenvalue weighted by Gasteiger charge is -2.07. The molecule has 0 aromatic carbocycles. The molecule has 3 aromatic rings. The van der Waals surface area contributed by atoms with E-state index in [9.17, 15) is 4.79 Å². The lowest BCUT2D eigenvalue weighted by Crippen LogP contribution is -2.20. The molecule has 0 aliphatic rings. The quantitative estimate of drug-likeness (QED) is 0.389. The van der Waals surface area contributed by atoms with Crippen molar-refractivity contribution in [3.8, 4) is 6.01 Å². The second-order valence-electron chi connectivity index (χ2n) is 6.48. The maximum absolute atomic E-state index is 12.4. The monoisotopic (exact) mass is 402 g/mol. The fraction of sp³-hybridized carbons (Fsp3) is 0.500. The number of nitrogens with one attached hydrogen (secondary N) is 2. The number of H-pyrrole nitrogens is 1. The number of nitrogens with zero attached hydrogens (tertiary/aromatic N) is 5. The molecule has 0 aliphatic carbocycles. The van der Waals surface area contributed by atoms with E-state index in [4.69, 9.17) is 15.2 Å². The van der Waals surface area contributed by atoms with Crippen molar-refractivity contribution in [2.75, 3.05) is 32.6 Å². The number of unbranched alkanes of at least 4 members (excludes halogenated alkanes) is 1. The Labute approximate surface area is 167 Å². The summed E-state index contributed by atoms with van der Waals surface area (Å²) in [5.74, 6) is 0.168. The Morgan fingerprint density at radius 3 is 2.72 bits per heavy atom. The van der Waals surface area contributed by atoms with Crippen molar-refractivity contribution in [2.45, 2.75) is 32.9 Å². The summed E-state index contributed by atoms with van der Waals surface area (Å²) in [4.78, 5) is 32.3. The topological polar surface area (TPSA) is 146 Å². The zero-order chi connectivity index (χ0) is 20.6. The van der Waals surface area contributed by atoms with Gasteiger partial charge in [0.25, 0.3) is 0 Å². The van der Waals surface area contributed by atoms with Gasteiger partial charge >= 0.3 is 11.7 Å². The normalized spacial score (nSPS) is 11.2. The first-order chi connectivity index (χ1) is 14.1. The van der Waals surface area contributed by atoms with Crippen LogP contribution in [0.25, 0.3) is 11.2 Å². The molecule has 11 heteroatoms. The third-order valence-corrected chi connectivity index (χ3v) is 4.23. The summed E-state index contributed by atoms with van der Waals surface area (Å²) in [6, 6.07) is 0.153. The predicted octanol–water partition coefficient (Wildman–Crippen LogP) is 0.455. The van der Waals surface area contributed by atoms with Gasteiger partial charge in [-0.15, -0.1) is 0 Å². The van der Waals surface area contributed by atoms with E-state index in [0.717, 1.165) is 25.1 Å². The van der Waals surface area contributed by atoms with Crippen LogP contribution in [0.4, 0.5) is 5.82 Å². The Balaban J connectivity index is 1.76. The molecule has 0 bridgehead atoms. The maximum Gasteiger partial charge on any atom is 0.328 e. The first-order valence-corrected chi connectivity index (χ1v) is 9.50. The molecule has 3 heterocycles. The molecule has 4 N–H and O–H groups in total. The molecule has 0 unspecified atom stereocenters. The van der Waals surface area contributed by atoms with Crippen LogP contribution in [0.5, 0.6) is 6.01 Å². The number of aromatic nitrogens is 6. The molecule has 156 valence electrons. The minimum Gasteiger partial charge on any atom is -0.463 e. The van der Waals surface area contributed by atoms with Gasteiger partial charge in [-0.05, 0) is 6.42 Å². The van der Waals surface area contributed by atoms with Crippen LogP contribution in [0.3, 0.4) is 0 Å². The third kappa shape index (κ3) is 5.27. The van der Waals surface area contributed by atoms with Crippen molar-refractivity contribution in [2.24, 2.45) is 0 Å². The molecule has 0 saturated heterocycles. The summed E-state index contributed by atoms with van der Waals surface area (Å²) in [5, 5.41) is 3.20. The molecule has 0 radical (unpaired) electrons. The summed E-state index contributed by atoms with van der Waals surface area (Å²) in [6.07, 6.45) is 5.19. The van der Waals surface area contributed by atoms with Crippen LogP contribution in [0.15, 0.2) is 17.2 Å². The van der Waals surface area contributed by atoms with Crippen LogP contribution >= 0.6 is 0 Å². The fourth-order valence-electron chi connectivity index (χ4n) is 2.66. The van der Waals surface area contributed by atoms with Crippen LogP contribution in [0, 0.1) is 0 Å². The maximum atomic E-state index is 12.4. The molecule has 0 fully saturated rings. The number of methoxy groups -OCH3 is 1. The van der Waals surface area contributed by atoms with Gasteiger partial charge in [0.1, 0.15) is 5.52 Å². The summed E-state index contributed by atoms with van der Waals surface area (Å²) in [5.41, 5.74) is 7.80. The van der Waals surface area contributed by atoms with Gasteiger partial charge in [-0.25, -0.2) is 4.79 Å². The summed E-state index contributed by atoms with van der Waals surface area (Å²) in [6.45, 7) is 4.70. The molecular formula is C18H26N8O3. The van der Waals surface area contributed by atoms with Gasteiger partial charge in [0.2, 0.25) is 0 Å². The van der Waals surface area contributed by atoms with E-state index in [2.05, 4.69) is 37.2 Å². The van der Waals surface area contributed by atoms with Crippen LogP contribution in [-0.4, -0.2) is 56.4 Å². The van der Waals surface area contributed by atoms with Crippen LogP contribution in [0.2, 0.25) is 0 Å². The lowest BCUT2D eigenvalue weighted by molar-refractivity contribution is 0.199. The first-order valence-electron chi connectivity index (χ1n) is 9.50. The van der Waals surface area contributed by atoms with Crippen molar-refractivity contribution < 1.29 is 9.47 Å². The highest BCUT2D eigenvalue weighted by Crippen LogP contribution is 2.18. The van der Waals surface area contributed by atoms with Crippen molar-refractivity contribution >= 4 is 17.0 Å². The van der Waals surface area contributed by atoms with E-state index in [0.29, 0.717) is 36.6 Å². The molecule has 0 atom stereocenters. The highest BCUT2D eigenvalue weighted by molar-refractivity contribution is 5.81. The average Bonchev–Trinajstić information content (AvgIpc) is 3.03. The predicted molar refractivity (Wildman–Crippen MR) is 108 cm³/mol. The van der Waals surface area contributed by atoms with Crippen LogP contribution < -0.4 is 21.5 Å². The van der Waals surface area contributed by atoms with E-state index >= 15 is 0 Å². The molecule has 0 spiro atoms. The van der Waals surface area contributed by atoms with E-state index in [-0.39, 0.29) is 24.1 Å². The van der Waals surface area contributed by atoms with Gasteiger partial charge in [-0.2, -0.15) is 9.97 Å². The lowest BCUT2D eigenvalue weighted by atomic mass is 10.4. The largest absolute Gasteiger partial charge is 0.463 e. The van der Waals surface area contributed by atoms with Gasteiger partial charge in [0.15, 0.2) is 11.5 Å². The minimum atomic E-state index is -0.348. The Morgan fingerprint density at radius 1 is 1.21 bits per heavy atom. The zero-order valence-electron chi connectivity index (χ0n) is 16.6.